The summed E-state index contributed by atoms with van der Waals surface area (Å²) in [5.41, 5.74) is 0.977. The first kappa shape index (κ1) is 16.4. The molecule has 0 aliphatic carbocycles. The molecule has 8 heteroatoms. The molecule has 0 bridgehead atoms. The van der Waals surface area contributed by atoms with Crippen LogP contribution in [0.1, 0.15) is 35.6 Å². The minimum absolute atomic E-state index is 0.287. The summed E-state index contributed by atoms with van der Waals surface area (Å²) in [4.78, 5) is 18.6. The molecule has 2 N–H and O–H groups in total. The lowest BCUT2D eigenvalue weighted by atomic mass is 10.1. The van der Waals surface area contributed by atoms with Crippen molar-refractivity contribution in [2.24, 2.45) is 0 Å². The van der Waals surface area contributed by atoms with Crippen molar-refractivity contribution in [1.29, 1.82) is 0 Å². The maximum absolute atomic E-state index is 14.0. The van der Waals surface area contributed by atoms with E-state index in [1.165, 1.54) is 18.5 Å². The van der Waals surface area contributed by atoms with Crippen LogP contribution in [0, 0.1) is 5.82 Å². The van der Waals surface area contributed by atoms with Crippen LogP contribution in [0.2, 0.25) is 0 Å². The molecule has 1 aromatic heterocycles. The molecule has 1 aromatic carbocycles. The van der Waals surface area contributed by atoms with E-state index in [4.69, 9.17) is 4.74 Å². The van der Waals surface area contributed by atoms with E-state index in [-0.39, 0.29) is 17.5 Å². The first-order valence-electron chi connectivity index (χ1n) is 7.96. The third-order valence-electron chi connectivity index (χ3n) is 4.00. The number of amides is 1. The molecule has 1 aliphatic heterocycles. The number of anilines is 1. The predicted molar refractivity (Wildman–Crippen MR) is 86.3 cm³/mol. The topological polar surface area (TPSA) is 83.1 Å². The Morgan fingerprint density at radius 3 is 2.88 bits per heavy atom. The largest absolute Gasteiger partial charge is 0.378 e. The molecular weight excluding hydrogens is 313 g/mol. The van der Waals surface area contributed by atoms with E-state index in [1.54, 1.807) is 6.07 Å². The van der Waals surface area contributed by atoms with Crippen molar-refractivity contribution in [3.05, 3.63) is 41.7 Å². The molecule has 128 valence electrons. The van der Waals surface area contributed by atoms with Crippen LogP contribution in [0.15, 0.2) is 24.5 Å². The maximum atomic E-state index is 14.0. The van der Waals surface area contributed by atoms with Crippen LogP contribution in [0.3, 0.4) is 0 Å². The number of hydrogen-bond acceptors (Lipinski definition) is 5. The minimum atomic E-state index is -0.433. The monoisotopic (exact) mass is 333 g/mol. The molecule has 3 rings (SSSR count). The lowest BCUT2D eigenvalue weighted by molar-refractivity contribution is 0.0933. The van der Waals surface area contributed by atoms with Crippen molar-refractivity contribution in [2.45, 2.75) is 19.4 Å². The van der Waals surface area contributed by atoms with Gasteiger partial charge >= 0.3 is 0 Å². The molecule has 2 aromatic rings. The number of rotatable bonds is 5. The van der Waals surface area contributed by atoms with Gasteiger partial charge < -0.3 is 15.0 Å². The molecule has 7 nitrogen and oxygen atoms in total. The molecule has 0 saturated carbocycles. The summed E-state index contributed by atoms with van der Waals surface area (Å²) in [6.07, 6.45) is 2.04. The van der Waals surface area contributed by atoms with Crippen molar-refractivity contribution in [3.8, 4) is 0 Å². The third kappa shape index (κ3) is 3.70. The van der Waals surface area contributed by atoms with Crippen molar-refractivity contribution >= 4 is 11.6 Å². The number of aromatic amines is 1. The third-order valence-corrected chi connectivity index (χ3v) is 4.00. The molecule has 1 unspecified atom stereocenters. The highest BCUT2D eigenvalue weighted by Crippen LogP contribution is 2.21. The Kier molecular flexibility index (Phi) is 5.05. The van der Waals surface area contributed by atoms with Crippen LogP contribution >= 0.6 is 0 Å². The fourth-order valence-corrected chi connectivity index (χ4v) is 2.70. The normalized spacial score (nSPS) is 16.0. The van der Waals surface area contributed by atoms with Gasteiger partial charge in [-0.1, -0.05) is 6.92 Å². The lowest BCUT2D eigenvalue weighted by Crippen LogP contribution is -2.36. The van der Waals surface area contributed by atoms with Gasteiger partial charge in [-0.2, -0.15) is 5.10 Å². The van der Waals surface area contributed by atoms with E-state index >= 15 is 0 Å². The fourth-order valence-electron chi connectivity index (χ4n) is 2.70. The van der Waals surface area contributed by atoms with Gasteiger partial charge in [0.25, 0.3) is 5.91 Å². The Bertz CT molecular complexity index is 686. The summed E-state index contributed by atoms with van der Waals surface area (Å²) >= 11 is 0. The number of H-pyrrole nitrogens is 1. The number of halogens is 1. The second-order valence-corrected chi connectivity index (χ2v) is 5.60. The zero-order chi connectivity index (χ0) is 16.9. The van der Waals surface area contributed by atoms with E-state index in [9.17, 15) is 9.18 Å². The molecule has 0 spiro atoms. The Morgan fingerprint density at radius 2 is 2.21 bits per heavy atom. The van der Waals surface area contributed by atoms with E-state index in [0.717, 1.165) is 0 Å². The van der Waals surface area contributed by atoms with Crippen LogP contribution in [0.25, 0.3) is 0 Å². The van der Waals surface area contributed by atoms with Gasteiger partial charge in [0, 0.05) is 24.3 Å². The Balaban J connectivity index is 1.77. The summed E-state index contributed by atoms with van der Waals surface area (Å²) in [5, 5.41) is 9.40. The second-order valence-electron chi connectivity index (χ2n) is 5.60. The van der Waals surface area contributed by atoms with Gasteiger partial charge in [0.2, 0.25) is 0 Å². The SMILES string of the molecule is CCC(NC(=O)c1cc(F)cc(N2CCOCC2)c1)c1ncn[nH]1. The number of morpholine rings is 1. The van der Waals surface area contributed by atoms with Crippen LogP contribution in [0.5, 0.6) is 0 Å². The summed E-state index contributed by atoms with van der Waals surface area (Å²) in [5.74, 6) is -0.195. The number of carbonyl (C=O) groups is 1. The average molecular weight is 333 g/mol. The molecular formula is C16H20FN5O2. The van der Waals surface area contributed by atoms with Crippen LogP contribution in [-0.2, 0) is 4.74 Å². The Labute approximate surface area is 139 Å². The predicted octanol–water partition coefficient (Wildman–Crippen LogP) is 1.66. The molecule has 1 atom stereocenters. The number of hydrogen-bond donors (Lipinski definition) is 2. The highest BCUT2D eigenvalue weighted by molar-refractivity contribution is 5.95. The van der Waals surface area contributed by atoms with Gasteiger partial charge in [-0.3, -0.25) is 9.89 Å². The fraction of sp³-hybridized carbons (Fsp3) is 0.438. The van der Waals surface area contributed by atoms with Gasteiger partial charge in [0.1, 0.15) is 18.0 Å². The summed E-state index contributed by atoms with van der Waals surface area (Å²) < 4.78 is 19.3. The molecule has 24 heavy (non-hydrogen) atoms. The van der Waals surface area contributed by atoms with Crippen molar-refractivity contribution < 1.29 is 13.9 Å². The number of carbonyl (C=O) groups excluding carboxylic acids is 1. The standard InChI is InChI=1S/C16H20FN5O2/c1-2-14(15-18-10-19-21-15)20-16(23)11-7-12(17)9-13(8-11)22-3-5-24-6-4-22/h7-10,14H,2-6H2,1H3,(H,20,23)(H,18,19,21). The highest BCUT2D eigenvalue weighted by Gasteiger charge is 2.19. The molecule has 2 heterocycles. The second kappa shape index (κ2) is 7.39. The summed E-state index contributed by atoms with van der Waals surface area (Å²) in [7, 11) is 0. The molecule has 1 saturated heterocycles. The average Bonchev–Trinajstić information content (AvgIpc) is 3.14. The summed E-state index contributed by atoms with van der Waals surface area (Å²) in [6, 6.07) is 4.09. The quantitative estimate of drug-likeness (QED) is 0.869. The van der Waals surface area contributed by atoms with Crippen molar-refractivity contribution in [1.82, 2.24) is 20.5 Å². The summed E-state index contributed by atoms with van der Waals surface area (Å²) in [6.45, 7) is 4.49. The van der Waals surface area contributed by atoms with Gasteiger partial charge in [-0.15, -0.1) is 0 Å². The lowest BCUT2D eigenvalue weighted by Gasteiger charge is -2.29. The van der Waals surface area contributed by atoms with Crippen molar-refractivity contribution in [3.63, 3.8) is 0 Å². The van der Waals surface area contributed by atoms with Gasteiger partial charge in [0.15, 0.2) is 0 Å². The van der Waals surface area contributed by atoms with Gasteiger partial charge in [0.05, 0.1) is 19.3 Å². The first-order chi connectivity index (χ1) is 11.7. The van der Waals surface area contributed by atoms with E-state index in [2.05, 4.69) is 20.5 Å². The molecule has 1 aliphatic rings. The van der Waals surface area contributed by atoms with Crippen LogP contribution in [0.4, 0.5) is 10.1 Å². The van der Waals surface area contributed by atoms with Crippen molar-refractivity contribution in [2.75, 3.05) is 31.2 Å². The zero-order valence-electron chi connectivity index (χ0n) is 13.5. The first-order valence-corrected chi connectivity index (χ1v) is 7.96. The smallest absolute Gasteiger partial charge is 0.252 e. The Hall–Kier alpha value is -2.48. The number of ether oxygens (including phenoxy) is 1. The van der Waals surface area contributed by atoms with E-state index in [0.29, 0.717) is 44.2 Å². The molecule has 0 radical (unpaired) electrons. The van der Waals surface area contributed by atoms with Crippen LogP contribution < -0.4 is 10.2 Å². The van der Waals surface area contributed by atoms with Gasteiger partial charge in [-0.05, 0) is 24.6 Å². The number of aromatic nitrogens is 3. The highest BCUT2D eigenvalue weighted by atomic mass is 19.1. The number of nitrogens with zero attached hydrogens (tertiary/aromatic N) is 3. The maximum Gasteiger partial charge on any atom is 0.252 e. The van der Waals surface area contributed by atoms with E-state index < -0.39 is 5.82 Å². The van der Waals surface area contributed by atoms with E-state index in [1.807, 2.05) is 11.8 Å². The Morgan fingerprint density at radius 1 is 1.42 bits per heavy atom. The molecule has 1 fully saturated rings. The van der Waals surface area contributed by atoms with Gasteiger partial charge in [-0.25, -0.2) is 9.37 Å². The minimum Gasteiger partial charge on any atom is -0.378 e. The molecule has 1 amide bonds. The number of nitrogens with one attached hydrogen (secondary N) is 2. The zero-order valence-corrected chi connectivity index (χ0v) is 13.5. The van der Waals surface area contributed by atoms with Crippen LogP contribution in [-0.4, -0.2) is 47.4 Å². The number of benzene rings is 1.